The summed E-state index contributed by atoms with van der Waals surface area (Å²) in [5, 5.41) is 7.52. The summed E-state index contributed by atoms with van der Waals surface area (Å²) in [6.45, 7) is 6.53. The Morgan fingerprint density at radius 2 is 2.04 bits per heavy atom. The molecule has 8 heteroatoms. The van der Waals surface area contributed by atoms with Crippen LogP contribution in [0.15, 0.2) is 12.3 Å². The van der Waals surface area contributed by atoms with Crippen molar-refractivity contribution in [3.63, 3.8) is 0 Å². The zero-order chi connectivity index (χ0) is 19.5. The highest BCUT2D eigenvalue weighted by molar-refractivity contribution is 7.15. The fourth-order valence-corrected chi connectivity index (χ4v) is 4.74. The third-order valence-electron chi connectivity index (χ3n) is 5.55. The lowest BCUT2D eigenvalue weighted by Crippen LogP contribution is -2.50. The van der Waals surface area contributed by atoms with Crippen LogP contribution in [0.2, 0.25) is 0 Å². The highest BCUT2D eigenvalue weighted by Crippen LogP contribution is 2.30. The molecular weight excluding hydrogens is 372 g/mol. The molecule has 1 amide bonds. The van der Waals surface area contributed by atoms with E-state index in [1.807, 2.05) is 31.0 Å². The predicted octanol–water partition coefficient (Wildman–Crippen LogP) is 3.14. The van der Waals surface area contributed by atoms with Crippen LogP contribution in [-0.2, 0) is 4.79 Å². The van der Waals surface area contributed by atoms with Gasteiger partial charge in [0.2, 0.25) is 5.91 Å². The van der Waals surface area contributed by atoms with Crippen molar-refractivity contribution in [1.29, 1.82) is 0 Å². The molecule has 4 heterocycles. The zero-order valence-electron chi connectivity index (χ0n) is 16.6. The molecule has 150 valence electrons. The normalized spacial score (nSPS) is 20.9. The van der Waals surface area contributed by atoms with Crippen LogP contribution in [0.1, 0.15) is 54.4 Å². The smallest absolute Gasteiger partial charge is 0.239 e. The molecule has 0 bridgehead atoms. The Balaban J connectivity index is 1.39. The zero-order valence-corrected chi connectivity index (χ0v) is 17.4. The van der Waals surface area contributed by atoms with E-state index in [-0.39, 0.29) is 11.9 Å². The Labute approximate surface area is 170 Å². The number of anilines is 2. The fourth-order valence-electron chi connectivity index (χ4n) is 4.06. The summed E-state index contributed by atoms with van der Waals surface area (Å²) in [5.41, 5.74) is 1.06. The van der Waals surface area contributed by atoms with Gasteiger partial charge >= 0.3 is 0 Å². The largest absolute Gasteiger partial charge is 0.341 e. The van der Waals surface area contributed by atoms with Gasteiger partial charge in [0, 0.05) is 41.8 Å². The first-order chi connectivity index (χ1) is 13.6. The molecule has 2 N–H and O–H groups in total. The van der Waals surface area contributed by atoms with Crippen molar-refractivity contribution in [2.75, 3.05) is 25.0 Å². The standard InChI is InChI=1S/C20H28N6OS/c1-13-12-22-20(28-13)25-18-11-17(23-14(2)24-18)15-6-9-26(10-7-15)19(27)16-5-3-4-8-21-16/h11-12,15-16,21H,3-10H2,1-2H3,(H,22,23,24,25). The maximum absolute atomic E-state index is 12.7. The molecule has 2 aromatic heterocycles. The summed E-state index contributed by atoms with van der Waals surface area (Å²) in [5.74, 6) is 2.20. The summed E-state index contributed by atoms with van der Waals surface area (Å²) in [6, 6.07) is 2.05. The quantitative estimate of drug-likeness (QED) is 0.820. The fraction of sp³-hybridized carbons (Fsp3) is 0.600. The van der Waals surface area contributed by atoms with Crippen LogP contribution in [0.4, 0.5) is 10.9 Å². The van der Waals surface area contributed by atoms with E-state index in [2.05, 4.69) is 25.6 Å². The van der Waals surface area contributed by atoms with E-state index in [9.17, 15) is 4.79 Å². The monoisotopic (exact) mass is 400 g/mol. The summed E-state index contributed by atoms with van der Waals surface area (Å²) in [4.78, 5) is 29.5. The Bertz CT molecular complexity index is 824. The third kappa shape index (κ3) is 4.50. The molecule has 0 radical (unpaired) electrons. The van der Waals surface area contributed by atoms with E-state index >= 15 is 0 Å². The summed E-state index contributed by atoms with van der Waals surface area (Å²) in [6.07, 6.45) is 7.05. The maximum Gasteiger partial charge on any atom is 0.239 e. The predicted molar refractivity (Wildman–Crippen MR) is 111 cm³/mol. The van der Waals surface area contributed by atoms with Crippen molar-refractivity contribution in [2.45, 2.75) is 57.9 Å². The van der Waals surface area contributed by atoms with E-state index in [0.29, 0.717) is 5.92 Å². The SMILES string of the molecule is Cc1nc(Nc2ncc(C)s2)cc(C2CCN(C(=O)C3CCCCN3)CC2)n1. The van der Waals surface area contributed by atoms with Crippen molar-refractivity contribution in [1.82, 2.24) is 25.2 Å². The molecule has 0 aliphatic carbocycles. The molecule has 7 nitrogen and oxygen atoms in total. The molecule has 2 aliphatic heterocycles. The number of piperidine rings is 2. The molecular formula is C20H28N6OS. The second kappa shape index (κ2) is 8.53. The Hall–Kier alpha value is -2.06. The number of carbonyl (C=O) groups excluding carboxylic acids is 1. The summed E-state index contributed by atoms with van der Waals surface area (Å²) >= 11 is 1.61. The number of hydrogen-bond acceptors (Lipinski definition) is 7. The molecule has 2 aromatic rings. The van der Waals surface area contributed by atoms with E-state index in [1.54, 1.807) is 11.3 Å². The second-order valence-electron chi connectivity index (χ2n) is 7.73. The van der Waals surface area contributed by atoms with Gasteiger partial charge in [0.25, 0.3) is 0 Å². The lowest BCUT2D eigenvalue weighted by Gasteiger charge is -2.35. The first-order valence-corrected chi connectivity index (χ1v) is 11.0. The number of likely N-dealkylation sites (tertiary alicyclic amines) is 1. The lowest BCUT2D eigenvalue weighted by molar-refractivity contribution is -0.135. The Morgan fingerprint density at radius 1 is 1.21 bits per heavy atom. The van der Waals surface area contributed by atoms with Crippen LogP contribution in [-0.4, -0.2) is 51.4 Å². The number of thiazole rings is 1. The van der Waals surface area contributed by atoms with Gasteiger partial charge in [-0.1, -0.05) is 6.42 Å². The van der Waals surface area contributed by atoms with Crippen LogP contribution in [0, 0.1) is 13.8 Å². The molecule has 2 saturated heterocycles. The van der Waals surface area contributed by atoms with Gasteiger partial charge in [0.15, 0.2) is 5.13 Å². The van der Waals surface area contributed by atoms with Crippen molar-refractivity contribution in [2.24, 2.45) is 0 Å². The van der Waals surface area contributed by atoms with Crippen LogP contribution >= 0.6 is 11.3 Å². The van der Waals surface area contributed by atoms with Crippen LogP contribution < -0.4 is 10.6 Å². The molecule has 0 aromatic carbocycles. The Kier molecular flexibility index (Phi) is 5.87. The second-order valence-corrected chi connectivity index (χ2v) is 8.96. The van der Waals surface area contributed by atoms with E-state index < -0.39 is 0 Å². The lowest BCUT2D eigenvalue weighted by atomic mass is 9.92. The first-order valence-electron chi connectivity index (χ1n) is 10.2. The number of amides is 1. The number of carbonyl (C=O) groups is 1. The van der Waals surface area contributed by atoms with Crippen molar-refractivity contribution >= 4 is 28.2 Å². The topological polar surface area (TPSA) is 83.0 Å². The minimum absolute atomic E-state index is 0.0177. The Morgan fingerprint density at radius 3 is 2.71 bits per heavy atom. The number of aromatic nitrogens is 3. The van der Waals surface area contributed by atoms with Gasteiger partial charge in [-0.25, -0.2) is 15.0 Å². The van der Waals surface area contributed by atoms with Crippen LogP contribution in [0.5, 0.6) is 0 Å². The molecule has 4 rings (SSSR count). The van der Waals surface area contributed by atoms with Gasteiger partial charge in [0.05, 0.1) is 6.04 Å². The van der Waals surface area contributed by atoms with Crippen LogP contribution in [0.3, 0.4) is 0 Å². The average Bonchev–Trinajstić information content (AvgIpc) is 3.12. The van der Waals surface area contributed by atoms with Crippen LogP contribution in [0.25, 0.3) is 0 Å². The maximum atomic E-state index is 12.7. The minimum Gasteiger partial charge on any atom is -0.341 e. The highest BCUT2D eigenvalue weighted by Gasteiger charge is 2.30. The van der Waals surface area contributed by atoms with Gasteiger partial charge in [-0.2, -0.15) is 0 Å². The number of aryl methyl sites for hydroxylation is 2. The molecule has 2 aliphatic rings. The molecule has 1 atom stereocenters. The highest BCUT2D eigenvalue weighted by atomic mass is 32.1. The van der Waals surface area contributed by atoms with E-state index in [0.717, 1.165) is 72.7 Å². The van der Waals surface area contributed by atoms with Gasteiger partial charge in [0.1, 0.15) is 11.6 Å². The van der Waals surface area contributed by atoms with Crippen molar-refractivity contribution in [3.05, 3.63) is 28.7 Å². The molecule has 2 fully saturated rings. The summed E-state index contributed by atoms with van der Waals surface area (Å²) in [7, 11) is 0. The van der Waals surface area contributed by atoms with Crippen molar-refractivity contribution in [3.8, 4) is 0 Å². The van der Waals surface area contributed by atoms with Gasteiger partial charge in [-0.3, -0.25) is 4.79 Å². The van der Waals surface area contributed by atoms with E-state index in [4.69, 9.17) is 0 Å². The van der Waals surface area contributed by atoms with Gasteiger partial charge in [-0.05, 0) is 46.1 Å². The van der Waals surface area contributed by atoms with Crippen molar-refractivity contribution < 1.29 is 4.79 Å². The molecule has 28 heavy (non-hydrogen) atoms. The number of nitrogens with one attached hydrogen (secondary N) is 2. The molecule has 1 unspecified atom stereocenters. The number of rotatable bonds is 4. The molecule has 0 saturated carbocycles. The van der Waals surface area contributed by atoms with Gasteiger partial charge < -0.3 is 15.5 Å². The minimum atomic E-state index is 0.0177. The molecule has 0 spiro atoms. The summed E-state index contributed by atoms with van der Waals surface area (Å²) < 4.78 is 0. The van der Waals surface area contributed by atoms with E-state index in [1.165, 1.54) is 6.42 Å². The first kappa shape index (κ1) is 19.3. The van der Waals surface area contributed by atoms with Gasteiger partial charge in [-0.15, -0.1) is 11.3 Å². The number of hydrogen-bond donors (Lipinski definition) is 2. The third-order valence-corrected chi connectivity index (χ3v) is 6.38. The number of nitrogens with zero attached hydrogens (tertiary/aromatic N) is 4. The average molecular weight is 401 g/mol.